The Morgan fingerprint density at radius 3 is 2.52 bits per heavy atom. The van der Waals surface area contributed by atoms with E-state index in [0.717, 1.165) is 11.3 Å². The Hall–Kier alpha value is -2.54. The molecule has 2 heterocycles. The predicted octanol–water partition coefficient (Wildman–Crippen LogP) is 3.22. The van der Waals surface area contributed by atoms with Crippen molar-refractivity contribution in [2.24, 2.45) is 0 Å². The van der Waals surface area contributed by atoms with Gasteiger partial charge in [0.15, 0.2) is 10.4 Å². The Morgan fingerprint density at radius 2 is 1.87 bits per heavy atom. The van der Waals surface area contributed by atoms with Crippen LogP contribution in [0.15, 0.2) is 35.4 Å². The number of nitrogens with one attached hydrogen (secondary N) is 2. The molecule has 0 bridgehead atoms. The minimum absolute atomic E-state index is 0.265. The zero-order valence-corrected chi connectivity index (χ0v) is 13.8. The lowest BCUT2D eigenvalue weighted by molar-refractivity contribution is 0.131. The molecule has 0 saturated carbocycles. The molecule has 2 N–H and O–H groups in total. The van der Waals surface area contributed by atoms with Crippen LogP contribution in [0.3, 0.4) is 0 Å². The van der Waals surface area contributed by atoms with Gasteiger partial charge in [0.25, 0.3) is 5.56 Å². The van der Waals surface area contributed by atoms with E-state index in [9.17, 15) is 4.79 Å². The number of H-pyrrole nitrogens is 2. The molecule has 0 unspecified atom stereocenters. The Balaban J connectivity index is 2.14. The summed E-state index contributed by atoms with van der Waals surface area (Å²) in [5, 5.41) is 0.380. The first-order valence-corrected chi connectivity index (χ1v) is 7.51. The van der Waals surface area contributed by atoms with Gasteiger partial charge in [0.2, 0.25) is 0 Å². The van der Waals surface area contributed by atoms with Crippen LogP contribution >= 0.6 is 12.2 Å². The van der Waals surface area contributed by atoms with Gasteiger partial charge in [0.05, 0.1) is 12.0 Å². The highest BCUT2D eigenvalue weighted by Crippen LogP contribution is 2.26. The summed E-state index contributed by atoms with van der Waals surface area (Å²) in [6.07, 6.45) is 1.32. The molecule has 0 spiro atoms. The highest BCUT2D eigenvalue weighted by molar-refractivity contribution is 7.71. The second-order valence-corrected chi connectivity index (χ2v) is 6.47. The summed E-state index contributed by atoms with van der Waals surface area (Å²) >= 11 is 5.12. The SMILES string of the molecule is CC(C)(C)Oc1ccc(-c2[nH]c(=S)nc3nc[nH]c(=O)c23)cc1. The molecule has 1 aromatic carbocycles. The van der Waals surface area contributed by atoms with Gasteiger partial charge >= 0.3 is 0 Å². The van der Waals surface area contributed by atoms with Crippen LogP contribution in [-0.4, -0.2) is 25.5 Å². The van der Waals surface area contributed by atoms with Crippen LogP contribution in [-0.2, 0) is 0 Å². The highest BCUT2D eigenvalue weighted by Gasteiger charge is 2.13. The largest absolute Gasteiger partial charge is 0.488 e. The van der Waals surface area contributed by atoms with Crippen LogP contribution in [0.4, 0.5) is 0 Å². The number of hydrogen-bond acceptors (Lipinski definition) is 5. The average Bonchev–Trinajstić information content (AvgIpc) is 2.45. The molecule has 0 aliphatic heterocycles. The van der Waals surface area contributed by atoms with Gasteiger partial charge in [-0.15, -0.1) is 0 Å². The van der Waals surface area contributed by atoms with Crippen molar-refractivity contribution in [3.8, 4) is 17.0 Å². The smallest absolute Gasteiger partial charge is 0.262 e. The van der Waals surface area contributed by atoms with Crippen molar-refractivity contribution in [2.45, 2.75) is 26.4 Å². The van der Waals surface area contributed by atoms with Crippen molar-refractivity contribution in [1.29, 1.82) is 0 Å². The molecule has 0 amide bonds. The first-order valence-electron chi connectivity index (χ1n) is 7.11. The summed E-state index contributed by atoms with van der Waals surface area (Å²) in [6.45, 7) is 5.96. The van der Waals surface area contributed by atoms with E-state index in [0.29, 0.717) is 16.7 Å². The van der Waals surface area contributed by atoms with Crippen LogP contribution in [0, 0.1) is 4.77 Å². The molecule has 6 nitrogen and oxygen atoms in total. The van der Waals surface area contributed by atoms with Crippen molar-refractivity contribution < 1.29 is 4.74 Å². The molecule has 3 aromatic rings. The fourth-order valence-corrected chi connectivity index (χ4v) is 2.44. The molecule has 7 heteroatoms. The highest BCUT2D eigenvalue weighted by atomic mass is 32.1. The second-order valence-electron chi connectivity index (χ2n) is 6.09. The fourth-order valence-electron chi connectivity index (χ4n) is 2.25. The molecule has 23 heavy (non-hydrogen) atoms. The molecule has 0 aliphatic carbocycles. The van der Waals surface area contributed by atoms with E-state index in [1.165, 1.54) is 6.33 Å². The first-order chi connectivity index (χ1) is 10.8. The first kappa shape index (κ1) is 15.4. The molecule has 0 saturated heterocycles. The summed E-state index contributed by atoms with van der Waals surface area (Å²) < 4.78 is 6.08. The van der Waals surface area contributed by atoms with E-state index in [-0.39, 0.29) is 15.9 Å². The van der Waals surface area contributed by atoms with E-state index >= 15 is 0 Å². The summed E-state index contributed by atoms with van der Waals surface area (Å²) in [7, 11) is 0. The van der Waals surface area contributed by atoms with Crippen molar-refractivity contribution in [3.05, 3.63) is 45.7 Å². The molecular weight excluding hydrogens is 312 g/mol. The number of rotatable bonds is 2. The van der Waals surface area contributed by atoms with E-state index in [1.54, 1.807) is 0 Å². The summed E-state index contributed by atoms with van der Waals surface area (Å²) in [4.78, 5) is 25.8. The molecule has 118 valence electrons. The van der Waals surface area contributed by atoms with Crippen LogP contribution in [0.1, 0.15) is 20.8 Å². The van der Waals surface area contributed by atoms with Crippen molar-refractivity contribution in [1.82, 2.24) is 19.9 Å². The molecule has 2 aromatic heterocycles. The Bertz CT molecular complexity index is 968. The van der Waals surface area contributed by atoms with Crippen LogP contribution in [0.2, 0.25) is 0 Å². The fraction of sp³-hybridized carbons (Fsp3) is 0.250. The predicted molar refractivity (Wildman–Crippen MR) is 91.2 cm³/mol. The van der Waals surface area contributed by atoms with Crippen LogP contribution < -0.4 is 10.3 Å². The minimum atomic E-state index is -0.272. The van der Waals surface area contributed by atoms with E-state index in [4.69, 9.17) is 17.0 Å². The van der Waals surface area contributed by atoms with Gasteiger partial charge in [-0.25, -0.2) is 4.98 Å². The number of nitrogens with zero attached hydrogens (tertiary/aromatic N) is 2. The van der Waals surface area contributed by atoms with Gasteiger partial charge < -0.3 is 14.7 Å². The molecule has 0 fully saturated rings. The van der Waals surface area contributed by atoms with E-state index in [1.807, 2.05) is 45.0 Å². The molecule has 3 rings (SSSR count). The zero-order chi connectivity index (χ0) is 16.6. The number of aromatic nitrogens is 4. The average molecular weight is 328 g/mol. The van der Waals surface area contributed by atoms with Crippen molar-refractivity contribution in [3.63, 3.8) is 0 Å². The normalized spacial score (nSPS) is 11.6. The third kappa shape index (κ3) is 3.29. The molecular formula is C16H16N4O2S. The monoisotopic (exact) mass is 328 g/mol. The van der Waals surface area contributed by atoms with Gasteiger partial charge in [0, 0.05) is 0 Å². The number of aromatic amines is 2. The van der Waals surface area contributed by atoms with Crippen molar-refractivity contribution >= 4 is 23.3 Å². The summed E-state index contributed by atoms with van der Waals surface area (Å²) in [6, 6.07) is 7.45. The zero-order valence-electron chi connectivity index (χ0n) is 13.0. The Kier molecular flexibility index (Phi) is 3.73. The van der Waals surface area contributed by atoms with Crippen LogP contribution in [0.25, 0.3) is 22.3 Å². The lowest BCUT2D eigenvalue weighted by Gasteiger charge is -2.21. The van der Waals surface area contributed by atoms with Crippen molar-refractivity contribution in [2.75, 3.05) is 0 Å². The third-order valence-electron chi connectivity index (χ3n) is 3.09. The van der Waals surface area contributed by atoms with Gasteiger partial charge in [-0.3, -0.25) is 4.79 Å². The maximum Gasteiger partial charge on any atom is 0.262 e. The second kappa shape index (κ2) is 5.58. The van der Waals surface area contributed by atoms with Gasteiger partial charge in [-0.2, -0.15) is 4.98 Å². The lowest BCUT2D eigenvalue weighted by Crippen LogP contribution is -2.22. The topological polar surface area (TPSA) is 83.7 Å². The maximum absolute atomic E-state index is 12.1. The molecule has 0 radical (unpaired) electrons. The number of fused-ring (bicyclic) bond motifs is 1. The molecule has 0 aliphatic rings. The van der Waals surface area contributed by atoms with Crippen LogP contribution in [0.5, 0.6) is 5.75 Å². The van der Waals surface area contributed by atoms with E-state index in [2.05, 4.69) is 19.9 Å². The quantitative estimate of drug-likeness (QED) is 0.706. The number of ether oxygens (including phenoxy) is 1. The third-order valence-corrected chi connectivity index (χ3v) is 3.28. The summed E-state index contributed by atoms with van der Waals surface area (Å²) in [5.74, 6) is 0.755. The maximum atomic E-state index is 12.1. The number of benzene rings is 1. The van der Waals surface area contributed by atoms with E-state index < -0.39 is 0 Å². The standard InChI is InChI=1S/C16H16N4O2S/c1-16(2,3)22-10-6-4-9(5-7-10)12-11-13(20-15(23)19-12)17-8-18-14(11)21/h4-8H,1-3H3,(H2,17,18,19,20,21,23). The lowest BCUT2D eigenvalue weighted by atomic mass is 10.1. The summed E-state index contributed by atoms with van der Waals surface area (Å²) in [5.41, 5.74) is 1.19. The Labute approximate surface area is 137 Å². The van der Waals surface area contributed by atoms with Gasteiger partial charge in [0.1, 0.15) is 16.7 Å². The minimum Gasteiger partial charge on any atom is -0.488 e. The van der Waals surface area contributed by atoms with Gasteiger partial charge in [-0.05, 0) is 62.8 Å². The van der Waals surface area contributed by atoms with Gasteiger partial charge in [-0.1, -0.05) is 0 Å². The Morgan fingerprint density at radius 1 is 1.17 bits per heavy atom. The molecule has 0 atom stereocenters. The number of hydrogen-bond donors (Lipinski definition) is 2.